The molecule has 5 amide bonds. The van der Waals surface area contributed by atoms with Crippen molar-refractivity contribution in [3.8, 4) is 0 Å². The number of hydrogen-bond acceptors (Lipinski definition) is 12. The van der Waals surface area contributed by atoms with Crippen LogP contribution in [-0.2, 0) is 33.5 Å². The zero-order valence-corrected chi connectivity index (χ0v) is 24.7. The molecule has 0 aromatic carbocycles. The highest BCUT2D eigenvalue weighted by atomic mass is 79.9. The number of anilines is 1. The monoisotopic (exact) mass is 708 g/mol. The van der Waals surface area contributed by atoms with Gasteiger partial charge in [-0.3, -0.25) is 29.3 Å². The van der Waals surface area contributed by atoms with Crippen molar-refractivity contribution in [2.24, 2.45) is 10.6 Å². The number of ether oxygens (including phenoxy) is 1. The second-order valence-corrected chi connectivity index (χ2v) is 13.5. The molecule has 2 unspecified atom stereocenters. The second-order valence-electron chi connectivity index (χ2n) is 7.76. The highest BCUT2D eigenvalue weighted by Gasteiger charge is 2.58. The number of carbonyl (C=O) groups excluding carboxylic acids is 5. The number of amides is 5. The van der Waals surface area contributed by atoms with Crippen LogP contribution in [0.2, 0.25) is 0 Å². The molecule has 2 saturated heterocycles. The molecule has 0 radical (unpaired) electrons. The Hall–Kier alpha value is -2.38. The van der Waals surface area contributed by atoms with E-state index in [0.717, 1.165) is 23.1 Å². The van der Waals surface area contributed by atoms with E-state index in [1.54, 1.807) is 5.32 Å². The summed E-state index contributed by atoms with van der Waals surface area (Å²) < 4.78 is 2.78. The predicted molar refractivity (Wildman–Crippen MR) is 143 cm³/mol. The zero-order chi connectivity index (χ0) is 29.1. The van der Waals surface area contributed by atoms with E-state index in [2.05, 4.69) is 36.7 Å². The Morgan fingerprint density at radius 3 is 2.64 bits per heavy atom. The van der Waals surface area contributed by atoms with Gasteiger partial charge < -0.3 is 30.2 Å². The normalized spacial score (nSPS) is 22.6. The first-order valence-electron chi connectivity index (χ1n) is 10.2. The average Bonchev–Trinajstić information content (AvgIpc) is 3.23. The lowest BCUT2D eigenvalue weighted by atomic mass is 9.88. The number of nitrogens with zero attached hydrogens (tertiary/aromatic N) is 3. The van der Waals surface area contributed by atoms with E-state index in [9.17, 15) is 33.9 Å². The summed E-state index contributed by atoms with van der Waals surface area (Å²) in [5, 5.41) is 19.6. The number of aromatic nitrogens is 1. The minimum Gasteiger partial charge on any atom is -0.481 e. The van der Waals surface area contributed by atoms with Crippen LogP contribution in [-0.4, -0.2) is 98.1 Å². The van der Waals surface area contributed by atoms with Gasteiger partial charge in [0, 0.05) is 12.3 Å². The topological polar surface area (TPSA) is 206 Å². The molecule has 15 nitrogen and oxygen atoms in total. The number of nitrogens with one attached hydrogen (secondary N) is 3. The first-order valence-corrected chi connectivity index (χ1v) is 14.0. The Labute approximate surface area is 250 Å². The van der Waals surface area contributed by atoms with Gasteiger partial charge in [-0.05, 0) is 15.9 Å². The number of imide groups is 1. The van der Waals surface area contributed by atoms with Crippen molar-refractivity contribution in [2.45, 2.75) is 15.2 Å². The number of rotatable bonds is 9. The number of oxime groups is 1. The summed E-state index contributed by atoms with van der Waals surface area (Å²) in [5.41, 5.74) is -1.95. The molecule has 0 aliphatic carbocycles. The van der Waals surface area contributed by atoms with Gasteiger partial charge in [0.1, 0.15) is 40.0 Å². The lowest BCUT2D eigenvalue weighted by Crippen LogP contribution is -2.74. The zero-order valence-electron chi connectivity index (χ0n) is 19.2. The van der Waals surface area contributed by atoms with E-state index in [1.807, 2.05) is 0 Å². The van der Waals surface area contributed by atoms with Crippen LogP contribution < -0.4 is 16.0 Å². The SMILES string of the molecule is CON=C(C(=O)NC1C(=O)N2CC(COC(=O)NC(=O)C(Cl)(Cl)Cl)(C(=O)O)CS[C@H]12)c1nc(NC=O)sc1Br. The van der Waals surface area contributed by atoms with Gasteiger partial charge in [0.25, 0.3) is 15.6 Å². The minimum absolute atomic E-state index is 0.0529. The molecule has 2 aliphatic rings. The molecule has 0 saturated carbocycles. The van der Waals surface area contributed by atoms with Crippen LogP contribution in [0.4, 0.5) is 9.93 Å². The third-order valence-electron chi connectivity index (χ3n) is 5.23. The molecule has 1 aromatic heterocycles. The predicted octanol–water partition coefficient (Wildman–Crippen LogP) is 0.918. The molecule has 3 heterocycles. The highest BCUT2D eigenvalue weighted by molar-refractivity contribution is 9.11. The molecule has 0 bridgehead atoms. The van der Waals surface area contributed by atoms with E-state index in [4.69, 9.17) is 44.4 Å². The molecule has 0 spiro atoms. The van der Waals surface area contributed by atoms with Crippen LogP contribution in [0.5, 0.6) is 0 Å². The molecule has 3 rings (SSSR count). The number of alkyl carbamates (subject to hydrolysis) is 1. The smallest absolute Gasteiger partial charge is 0.413 e. The number of thiazole rings is 1. The van der Waals surface area contributed by atoms with Gasteiger partial charge in [-0.15, -0.1) is 11.8 Å². The van der Waals surface area contributed by atoms with Crippen LogP contribution in [0.1, 0.15) is 5.69 Å². The summed E-state index contributed by atoms with van der Waals surface area (Å²) in [5.74, 6) is -4.19. The van der Waals surface area contributed by atoms with Crippen LogP contribution in [0, 0.1) is 5.41 Å². The number of β-lactam (4-membered cyclic amide) rings is 1. The number of carboxylic acid groups (broad SMARTS) is 1. The van der Waals surface area contributed by atoms with Gasteiger partial charge in [0.15, 0.2) is 10.8 Å². The fourth-order valence-electron chi connectivity index (χ4n) is 3.36. The number of aliphatic carboxylic acids is 1. The summed E-state index contributed by atoms with van der Waals surface area (Å²) in [6.07, 6.45) is -0.939. The quantitative estimate of drug-likeness (QED) is 0.0932. The molecule has 4 N–H and O–H groups in total. The maximum atomic E-state index is 13.0. The lowest BCUT2D eigenvalue weighted by Gasteiger charge is -2.53. The summed E-state index contributed by atoms with van der Waals surface area (Å²) in [4.78, 5) is 82.1. The maximum absolute atomic E-state index is 13.0. The fraction of sp³-hybridized carbons (Fsp3) is 0.444. The van der Waals surface area contributed by atoms with E-state index >= 15 is 0 Å². The molecule has 1 aromatic rings. The van der Waals surface area contributed by atoms with Crippen LogP contribution >= 0.6 is 73.8 Å². The van der Waals surface area contributed by atoms with Gasteiger partial charge in [0.2, 0.25) is 12.3 Å². The molecule has 21 heteroatoms. The third kappa shape index (κ3) is 6.86. The van der Waals surface area contributed by atoms with Gasteiger partial charge in [-0.25, -0.2) is 9.78 Å². The minimum atomic E-state index is -2.45. The number of thioether (sulfide) groups is 1. The number of alkyl halides is 3. The molecule has 212 valence electrons. The van der Waals surface area contributed by atoms with Gasteiger partial charge in [-0.1, -0.05) is 51.3 Å². The number of fused-ring (bicyclic) bond motifs is 1. The van der Waals surface area contributed by atoms with E-state index < -0.39 is 57.0 Å². The summed E-state index contributed by atoms with van der Waals surface area (Å²) in [6, 6.07) is -1.03. The van der Waals surface area contributed by atoms with Crippen molar-refractivity contribution < 1.29 is 43.4 Å². The average molecular weight is 711 g/mol. The van der Waals surface area contributed by atoms with Gasteiger partial charge in [-0.2, -0.15) is 0 Å². The maximum Gasteiger partial charge on any atom is 0.413 e. The number of carboxylic acids is 1. The number of halogens is 4. The van der Waals surface area contributed by atoms with Crippen LogP contribution in [0.15, 0.2) is 8.94 Å². The molecule has 3 atom stereocenters. The Balaban J connectivity index is 1.66. The van der Waals surface area contributed by atoms with Crippen molar-refractivity contribution in [1.82, 2.24) is 20.5 Å². The van der Waals surface area contributed by atoms with E-state index in [0.29, 0.717) is 10.2 Å². The molecular formula is C18H16BrCl3N6O9S2. The first-order chi connectivity index (χ1) is 18.2. The molecule has 2 aliphatic heterocycles. The fourth-order valence-corrected chi connectivity index (χ4v) is 6.42. The Morgan fingerprint density at radius 1 is 1.36 bits per heavy atom. The van der Waals surface area contributed by atoms with Crippen molar-refractivity contribution >= 4 is 121 Å². The van der Waals surface area contributed by atoms with Crippen LogP contribution in [0.3, 0.4) is 0 Å². The Kier molecular flexibility index (Phi) is 9.92. The number of carbonyl (C=O) groups is 6. The molecule has 2 fully saturated rings. The van der Waals surface area contributed by atoms with Crippen molar-refractivity contribution in [2.75, 3.05) is 31.3 Å². The highest BCUT2D eigenvalue weighted by Crippen LogP contribution is 2.42. The molecule has 39 heavy (non-hydrogen) atoms. The largest absolute Gasteiger partial charge is 0.481 e. The summed E-state index contributed by atoms with van der Waals surface area (Å²) in [6.45, 7) is -1.06. The molecular weight excluding hydrogens is 695 g/mol. The van der Waals surface area contributed by atoms with Crippen LogP contribution in [0.25, 0.3) is 0 Å². The third-order valence-corrected chi connectivity index (χ3v) is 8.97. The van der Waals surface area contributed by atoms with E-state index in [1.165, 1.54) is 12.0 Å². The van der Waals surface area contributed by atoms with Crippen molar-refractivity contribution in [3.63, 3.8) is 0 Å². The first kappa shape index (κ1) is 31.2. The Morgan fingerprint density at radius 2 is 2.05 bits per heavy atom. The van der Waals surface area contributed by atoms with Crippen molar-refractivity contribution in [1.29, 1.82) is 0 Å². The summed E-state index contributed by atoms with van der Waals surface area (Å²) in [7, 11) is 1.20. The second kappa shape index (κ2) is 12.4. The van der Waals surface area contributed by atoms with E-state index in [-0.39, 0.29) is 28.8 Å². The van der Waals surface area contributed by atoms with Gasteiger partial charge in [0.05, 0.1) is 0 Å². The summed E-state index contributed by atoms with van der Waals surface area (Å²) >= 11 is 21.4. The van der Waals surface area contributed by atoms with Crippen molar-refractivity contribution in [3.05, 3.63) is 9.48 Å². The Bertz CT molecular complexity index is 1250. The number of hydrogen-bond donors (Lipinski definition) is 4. The van der Waals surface area contributed by atoms with Gasteiger partial charge >= 0.3 is 12.1 Å². The standard InChI is InChI=1S/C18H16BrCl3N6O9S2/c1-36-27-7(6-9(19)39-15(25-6)23-5-29)10(30)24-8-11(31)28-2-17(14(33)34,4-38-12(8)28)3-37-16(35)26-13(32)18(20,21)22/h5,8,12H,2-4H2,1H3,(H,24,30)(H,33,34)(H,23,25,29)(H,26,32,35)/t8?,12-,17?/m1/s1. The lowest BCUT2D eigenvalue weighted by molar-refractivity contribution is -0.160.